The Labute approximate surface area is 204 Å². The minimum atomic E-state index is -1.07. The maximum atomic E-state index is 2.60. The van der Waals surface area contributed by atoms with Gasteiger partial charge in [0.1, 0.15) is 0 Å². The van der Waals surface area contributed by atoms with Crippen LogP contribution in [0.5, 0.6) is 0 Å². The molecule has 1 atom stereocenters. The van der Waals surface area contributed by atoms with E-state index in [1.807, 2.05) is 8.64 Å². The zero-order chi connectivity index (χ0) is 20.1. The molecule has 0 heterocycles. The number of allylic oxidation sites excluding steroid dienone is 5. The molecular formula is C25H35Cl2HfP. The standard InChI is InChI=1S/C15H20P.C10H15.2ClH.Hf/c1-11(2)16(12(3)4)15-9-13-7-5-6-8-14(13)10-15;1-7-6-10(4,5)9(3)8(7)2;;;/h5-12H,1-4H3;1-5H3;2*1H;/q;;;;+2/p-2. The van der Waals surface area contributed by atoms with Crippen LogP contribution in [0.25, 0.3) is 6.08 Å². The number of hydrogen-bond acceptors (Lipinski definition) is 0. The van der Waals surface area contributed by atoms with Crippen molar-refractivity contribution in [1.82, 2.24) is 0 Å². The summed E-state index contributed by atoms with van der Waals surface area (Å²) in [6, 6.07) is 9.25. The molecule has 4 heteroatoms. The van der Waals surface area contributed by atoms with Crippen molar-refractivity contribution in [3.63, 3.8) is 0 Å². The first-order valence-electron chi connectivity index (χ1n) is 10.3. The second-order valence-corrected chi connectivity index (χ2v) is 17.5. The first-order valence-corrected chi connectivity index (χ1v) is 15.7. The summed E-state index contributed by atoms with van der Waals surface area (Å²) in [4.78, 5) is 0. The Morgan fingerprint density at radius 2 is 1.45 bits per heavy atom. The minimum Gasteiger partial charge on any atom is -1.00 e. The molecule has 2 aliphatic rings. The summed E-state index contributed by atoms with van der Waals surface area (Å²) in [5, 5.41) is 1.82. The first kappa shape index (κ1) is 27.4. The third kappa shape index (κ3) is 4.89. The van der Waals surface area contributed by atoms with Gasteiger partial charge in [-0.3, -0.25) is 0 Å². The first-order chi connectivity index (χ1) is 12.6. The predicted octanol–water partition coefficient (Wildman–Crippen LogP) is 2.12. The molecule has 158 valence electrons. The van der Waals surface area contributed by atoms with Gasteiger partial charge in [-0.05, 0) is 0 Å². The van der Waals surface area contributed by atoms with Crippen molar-refractivity contribution in [2.45, 2.75) is 77.3 Å². The normalized spacial score (nSPS) is 20.0. The Bertz CT molecular complexity index is 838. The zero-order valence-electron chi connectivity index (χ0n) is 19.3. The van der Waals surface area contributed by atoms with E-state index in [-0.39, 0.29) is 38.2 Å². The molecule has 3 rings (SSSR count). The van der Waals surface area contributed by atoms with E-state index in [0.717, 1.165) is 15.0 Å². The Morgan fingerprint density at radius 1 is 0.897 bits per heavy atom. The molecule has 0 bridgehead atoms. The van der Waals surface area contributed by atoms with Gasteiger partial charge in [0.2, 0.25) is 0 Å². The van der Waals surface area contributed by atoms with Crippen molar-refractivity contribution in [3.8, 4) is 0 Å². The maximum absolute atomic E-state index is 2.60. The molecule has 0 saturated heterocycles. The van der Waals surface area contributed by atoms with Crippen LogP contribution in [-0.4, -0.2) is 11.3 Å². The van der Waals surface area contributed by atoms with E-state index in [2.05, 4.69) is 92.7 Å². The van der Waals surface area contributed by atoms with Crippen molar-refractivity contribution >= 4 is 14.0 Å². The average Bonchev–Trinajstić information content (AvgIpc) is 3.00. The van der Waals surface area contributed by atoms with Gasteiger partial charge in [-0.2, -0.15) is 0 Å². The maximum Gasteiger partial charge on any atom is -1.00 e. The van der Waals surface area contributed by atoms with Crippen molar-refractivity contribution in [3.05, 3.63) is 60.8 Å². The molecule has 0 nitrogen and oxygen atoms in total. The Kier molecular flexibility index (Phi) is 9.71. The molecule has 0 aromatic heterocycles. The van der Waals surface area contributed by atoms with Crippen LogP contribution in [0.15, 0.2) is 49.6 Å². The number of halogens is 2. The largest absolute Gasteiger partial charge is 1.00 e. The fraction of sp³-hybridized carbons (Fsp3) is 0.520. The third-order valence-corrected chi connectivity index (χ3v) is 18.7. The van der Waals surface area contributed by atoms with Crippen molar-refractivity contribution in [2.24, 2.45) is 5.41 Å². The zero-order valence-corrected chi connectivity index (χ0v) is 25.3. The van der Waals surface area contributed by atoms with E-state index in [4.69, 9.17) is 0 Å². The van der Waals surface area contributed by atoms with Gasteiger partial charge in [-0.25, -0.2) is 0 Å². The van der Waals surface area contributed by atoms with Gasteiger partial charge in [0.25, 0.3) is 0 Å². The quantitative estimate of drug-likeness (QED) is 0.352. The molecule has 0 saturated carbocycles. The third-order valence-electron chi connectivity index (χ3n) is 6.67. The van der Waals surface area contributed by atoms with Crippen LogP contribution in [0, 0.1) is 5.41 Å². The smallest absolute Gasteiger partial charge is 1.00 e. The predicted molar refractivity (Wildman–Crippen MR) is 119 cm³/mol. The van der Waals surface area contributed by atoms with E-state index < -0.39 is 22.9 Å². The van der Waals surface area contributed by atoms with Crippen LogP contribution in [0.3, 0.4) is 0 Å². The molecule has 29 heavy (non-hydrogen) atoms. The number of hydrogen-bond donors (Lipinski definition) is 0. The van der Waals surface area contributed by atoms with Crippen LogP contribution in [0.1, 0.15) is 77.1 Å². The molecular weight excluding hydrogens is 581 g/mol. The molecule has 0 spiro atoms. The van der Waals surface area contributed by atoms with Crippen LogP contribution >= 0.6 is 7.92 Å². The molecule has 0 aliphatic heterocycles. The van der Waals surface area contributed by atoms with Crippen LogP contribution in [0.4, 0.5) is 0 Å². The molecule has 1 aromatic rings. The van der Waals surface area contributed by atoms with E-state index in [1.54, 1.807) is 22.3 Å². The number of rotatable bonds is 5. The van der Waals surface area contributed by atoms with E-state index in [1.165, 1.54) is 5.56 Å². The fourth-order valence-corrected chi connectivity index (χ4v) is 16.9. The van der Waals surface area contributed by atoms with Gasteiger partial charge in [0.15, 0.2) is 0 Å². The summed E-state index contributed by atoms with van der Waals surface area (Å²) in [7, 11) is -0.0794. The molecule has 1 aromatic carbocycles. The number of benzene rings is 1. The van der Waals surface area contributed by atoms with Crippen LogP contribution < -0.4 is 24.8 Å². The Morgan fingerprint density at radius 3 is 1.93 bits per heavy atom. The van der Waals surface area contributed by atoms with Gasteiger partial charge in [0, 0.05) is 0 Å². The van der Waals surface area contributed by atoms with Crippen molar-refractivity contribution in [1.29, 1.82) is 0 Å². The van der Waals surface area contributed by atoms with Gasteiger partial charge >= 0.3 is 180 Å². The average molecular weight is 616 g/mol. The van der Waals surface area contributed by atoms with E-state index in [9.17, 15) is 0 Å². The van der Waals surface area contributed by atoms with Gasteiger partial charge < -0.3 is 24.8 Å². The van der Waals surface area contributed by atoms with E-state index >= 15 is 0 Å². The number of fused-ring (bicyclic) bond motifs is 1. The molecule has 0 fully saturated rings. The van der Waals surface area contributed by atoms with Crippen LogP contribution in [0.2, 0.25) is 0 Å². The summed E-state index contributed by atoms with van der Waals surface area (Å²) >= 11 is -1.07. The summed E-state index contributed by atoms with van der Waals surface area (Å²) in [6.45, 7) is 21.8. The SMILES string of the molecule is CC1=C(C)C(C)(C)[C]([Hf+2][CH]2C(P(C(C)C)C(C)C)=Cc3ccccc32)=C1C.[Cl-].[Cl-]. The summed E-state index contributed by atoms with van der Waals surface area (Å²) < 4.78 is 2.60. The van der Waals surface area contributed by atoms with Crippen molar-refractivity contribution in [2.75, 3.05) is 0 Å². The fourth-order valence-electron chi connectivity index (χ4n) is 4.90. The molecule has 1 unspecified atom stereocenters. The monoisotopic (exact) mass is 616 g/mol. The second kappa shape index (κ2) is 10.3. The minimum absolute atomic E-state index is 0. The van der Waals surface area contributed by atoms with Gasteiger partial charge in [-0.15, -0.1) is 0 Å². The second-order valence-electron chi connectivity index (χ2n) is 9.25. The molecule has 0 amide bonds. The topological polar surface area (TPSA) is 0 Å². The Balaban J connectivity index is 0.00000210. The molecule has 0 N–H and O–H groups in total. The Hall–Kier alpha value is 0.320. The van der Waals surface area contributed by atoms with Gasteiger partial charge in [0.05, 0.1) is 0 Å². The molecule has 0 radical (unpaired) electrons. The summed E-state index contributed by atoms with van der Waals surface area (Å²) in [6.07, 6.45) is 2.60. The van der Waals surface area contributed by atoms with Gasteiger partial charge in [-0.1, -0.05) is 0 Å². The summed E-state index contributed by atoms with van der Waals surface area (Å²) in [5.41, 5.74) is 9.75. The molecule has 2 aliphatic carbocycles. The summed E-state index contributed by atoms with van der Waals surface area (Å²) in [5.74, 6) is 0. The van der Waals surface area contributed by atoms with Crippen molar-refractivity contribution < 1.29 is 47.7 Å². The van der Waals surface area contributed by atoms with Crippen LogP contribution in [-0.2, 0) is 22.9 Å². The van der Waals surface area contributed by atoms with E-state index in [0.29, 0.717) is 0 Å².